The number of hydrogen-bond donors (Lipinski definition) is 0. The largest absolute Gasteiger partial charge is 0.494 e. The molecule has 4 nitrogen and oxygen atoms in total. The van der Waals surface area contributed by atoms with Crippen LogP contribution in [0.3, 0.4) is 0 Å². The van der Waals surface area contributed by atoms with Crippen LogP contribution < -0.4 is 4.74 Å². The maximum Gasteiger partial charge on any atom is 0.119 e. The third-order valence-electron chi connectivity index (χ3n) is 2.18. The van der Waals surface area contributed by atoms with Gasteiger partial charge in [-0.15, -0.1) is 4.91 Å². The van der Waals surface area contributed by atoms with Crippen molar-refractivity contribution < 1.29 is 9.53 Å². The van der Waals surface area contributed by atoms with E-state index in [1.165, 1.54) is 0 Å². The van der Waals surface area contributed by atoms with Crippen molar-refractivity contribution in [2.24, 2.45) is 5.18 Å². The van der Waals surface area contributed by atoms with Gasteiger partial charge in [-0.3, -0.25) is 0 Å². The molecule has 0 amide bonds. The molecule has 1 aromatic carbocycles. The number of aldehydes is 1. The van der Waals surface area contributed by atoms with Gasteiger partial charge in [0.2, 0.25) is 0 Å². The third-order valence-corrected chi connectivity index (χ3v) is 2.18. The lowest BCUT2D eigenvalue weighted by atomic mass is 10.2. The van der Waals surface area contributed by atoms with Crippen LogP contribution in [0.15, 0.2) is 29.4 Å². The quantitative estimate of drug-likeness (QED) is 0.384. The van der Waals surface area contributed by atoms with Gasteiger partial charge in [-0.1, -0.05) is 0 Å². The third kappa shape index (κ3) is 4.68. The van der Waals surface area contributed by atoms with Gasteiger partial charge in [0.05, 0.1) is 6.61 Å². The summed E-state index contributed by atoms with van der Waals surface area (Å²) >= 11 is 0. The van der Waals surface area contributed by atoms with Crippen LogP contribution in [0.4, 0.5) is 5.69 Å². The van der Waals surface area contributed by atoms with Crippen LogP contribution in [0.2, 0.25) is 0 Å². The molecule has 0 unspecified atom stereocenters. The molecule has 0 aliphatic carbocycles. The second-order valence-electron chi connectivity index (χ2n) is 3.45. The van der Waals surface area contributed by atoms with E-state index in [1.807, 2.05) is 0 Å². The Morgan fingerprint density at radius 3 is 2.50 bits per heavy atom. The predicted octanol–water partition coefficient (Wildman–Crippen LogP) is 3.22. The fourth-order valence-corrected chi connectivity index (χ4v) is 1.30. The second kappa shape index (κ2) is 7.56. The highest BCUT2D eigenvalue weighted by Gasteiger charge is 1.95. The van der Waals surface area contributed by atoms with E-state index in [-0.39, 0.29) is 0 Å². The molecule has 0 aromatic heterocycles. The zero-order chi connectivity index (χ0) is 11.6. The highest BCUT2D eigenvalue weighted by atomic mass is 16.5. The lowest BCUT2D eigenvalue weighted by Crippen LogP contribution is -1.96. The van der Waals surface area contributed by atoms with Crippen LogP contribution in [0, 0.1) is 4.91 Å². The molecule has 86 valence electrons. The average Bonchev–Trinajstić information content (AvgIpc) is 2.34. The van der Waals surface area contributed by atoms with Crippen LogP contribution in [-0.4, -0.2) is 12.9 Å². The molecule has 0 bridgehead atoms. The number of nitrogens with zero attached hydrogens (tertiary/aromatic N) is 1. The molecule has 1 rings (SSSR count). The van der Waals surface area contributed by atoms with Crippen molar-refractivity contribution in [1.29, 1.82) is 0 Å². The van der Waals surface area contributed by atoms with Crippen molar-refractivity contribution in [3.8, 4) is 5.75 Å². The van der Waals surface area contributed by atoms with E-state index < -0.39 is 0 Å². The molecule has 1 aromatic rings. The summed E-state index contributed by atoms with van der Waals surface area (Å²) in [5.41, 5.74) is 0.401. The topological polar surface area (TPSA) is 55.7 Å². The Hall–Kier alpha value is -1.71. The number of carbonyl (C=O) groups excluding carboxylic acids is 1. The zero-order valence-electron chi connectivity index (χ0n) is 9.09. The number of hydrogen-bond acceptors (Lipinski definition) is 4. The molecule has 0 heterocycles. The minimum absolute atomic E-state index is 0.401. The monoisotopic (exact) mass is 221 g/mol. The molecular formula is C12H15NO3. The van der Waals surface area contributed by atoms with Crippen molar-refractivity contribution in [2.45, 2.75) is 25.7 Å². The smallest absolute Gasteiger partial charge is 0.119 e. The molecule has 0 fully saturated rings. The van der Waals surface area contributed by atoms with Gasteiger partial charge < -0.3 is 9.53 Å². The van der Waals surface area contributed by atoms with Crippen molar-refractivity contribution in [3.05, 3.63) is 29.2 Å². The van der Waals surface area contributed by atoms with Gasteiger partial charge in [0.15, 0.2) is 0 Å². The van der Waals surface area contributed by atoms with Gasteiger partial charge in [0, 0.05) is 6.42 Å². The van der Waals surface area contributed by atoms with Crippen LogP contribution in [-0.2, 0) is 4.79 Å². The lowest BCUT2D eigenvalue weighted by molar-refractivity contribution is -0.107. The van der Waals surface area contributed by atoms with Gasteiger partial charge >= 0.3 is 0 Å². The maximum atomic E-state index is 10.2. The van der Waals surface area contributed by atoms with Crippen molar-refractivity contribution in [2.75, 3.05) is 6.61 Å². The molecule has 0 aliphatic rings. The SMILES string of the molecule is O=CCCCCCOc1ccc(N=O)cc1. The first kappa shape index (κ1) is 12.4. The number of ether oxygens (including phenoxy) is 1. The number of unbranched alkanes of at least 4 members (excludes halogenated alkanes) is 3. The fraction of sp³-hybridized carbons (Fsp3) is 0.417. The van der Waals surface area contributed by atoms with Gasteiger partial charge in [-0.2, -0.15) is 0 Å². The summed E-state index contributed by atoms with van der Waals surface area (Å²) in [6.07, 6.45) is 4.40. The minimum atomic E-state index is 0.401. The summed E-state index contributed by atoms with van der Waals surface area (Å²) in [6.45, 7) is 0.632. The lowest BCUT2D eigenvalue weighted by Gasteiger charge is -2.05. The Bertz CT molecular complexity index is 322. The molecular weight excluding hydrogens is 206 g/mol. The van der Waals surface area contributed by atoms with Gasteiger partial charge in [0.1, 0.15) is 17.7 Å². The number of carbonyl (C=O) groups is 1. The molecule has 0 N–H and O–H groups in total. The molecule has 0 saturated carbocycles. The average molecular weight is 221 g/mol. The predicted molar refractivity (Wildman–Crippen MR) is 61.9 cm³/mol. The Morgan fingerprint density at radius 1 is 1.12 bits per heavy atom. The molecule has 0 spiro atoms. The second-order valence-corrected chi connectivity index (χ2v) is 3.45. The number of nitroso groups, excluding NO2 is 1. The standard InChI is InChI=1S/C12H15NO3/c14-9-3-1-2-4-10-16-12-7-5-11(13-15)6-8-12/h5-9H,1-4,10H2. The Morgan fingerprint density at radius 2 is 1.88 bits per heavy atom. The molecule has 0 saturated heterocycles. The molecule has 0 atom stereocenters. The first-order valence-corrected chi connectivity index (χ1v) is 5.36. The van der Waals surface area contributed by atoms with E-state index in [4.69, 9.17) is 4.74 Å². The Kier molecular flexibility index (Phi) is 5.84. The van der Waals surface area contributed by atoms with Crippen molar-refractivity contribution in [1.82, 2.24) is 0 Å². The first-order chi connectivity index (χ1) is 7.86. The van der Waals surface area contributed by atoms with Crippen molar-refractivity contribution in [3.63, 3.8) is 0 Å². The van der Waals surface area contributed by atoms with E-state index in [2.05, 4.69) is 5.18 Å². The van der Waals surface area contributed by atoms with Crippen LogP contribution in [0.1, 0.15) is 25.7 Å². The van der Waals surface area contributed by atoms with Crippen molar-refractivity contribution >= 4 is 12.0 Å². The first-order valence-electron chi connectivity index (χ1n) is 5.36. The van der Waals surface area contributed by atoms with Crippen LogP contribution in [0.5, 0.6) is 5.75 Å². The highest BCUT2D eigenvalue weighted by molar-refractivity contribution is 5.48. The molecule has 0 aliphatic heterocycles. The zero-order valence-corrected chi connectivity index (χ0v) is 9.09. The highest BCUT2D eigenvalue weighted by Crippen LogP contribution is 2.17. The van der Waals surface area contributed by atoms with Gasteiger partial charge in [-0.05, 0) is 48.7 Å². The minimum Gasteiger partial charge on any atom is -0.494 e. The van der Waals surface area contributed by atoms with E-state index in [9.17, 15) is 9.70 Å². The van der Waals surface area contributed by atoms with E-state index in [1.54, 1.807) is 24.3 Å². The van der Waals surface area contributed by atoms with Crippen LogP contribution >= 0.6 is 0 Å². The number of benzene rings is 1. The molecule has 16 heavy (non-hydrogen) atoms. The fourth-order valence-electron chi connectivity index (χ4n) is 1.30. The Labute approximate surface area is 94.6 Å². The molecule has 4 heteroatoms. The van der Waals surface area contributed by atoms with Crippen LogP contribution in [0.25, 0.3) is 0 Å². The number of rotatable bonds is 8. The molecule has 0 radical (unpaired) electrons. The summed E-state index contributed by atoms with van der Waals surface area (Å²) in [5.74, 6) is 0.739. The van der Waals surface area contributed by atoms with E-state index >= 15 is 0 Å². The summed E-state index contributed by atoms with van der Waals surface area (Å²) < 4.78 is 5.45. The summed E-state index contributed by atoms with van der Waals surface area (Å²) in [5, 5.41) is 2.80. The summed E-state index contributed by atoms with van der Waals surface area (Å²) in [4.78, 5) is 20.2. The van der Waals surface area contributed by atoms with Gasteiger partial charge in [0.25, 0.3) is 0 Å². The van der Waals surface area contributed by atoms with E-state index in [0.717, 1.165) is 31.3 Å². The summed E-state index contributed by atoms with van der Waals surface area (Å²) in [6, 6.07) is 6.69. The Balaban J connectivity index is 2.16. The normalized spacial score (nSPS) is 9.75. The maximum absolute atomic E-state index is 10.2. The van der Waals surface area contributed by atoms with Gasteiger partial charge in [-0.25, -0.2) is 0 Å². The summed E-state index contributed by atoms with van der Waals surface area (Å²) in [7, 11) is 0. The van der Waals surface area contributed by atoms with E-state index in [0.29, 0.717) is 18.7 Å².